The van der Waals surface area contributed by atoms with Crippen LogP contribution in [0.3, 0.4) is 0 Å². The minimum atomic E-state index is -3.37. The number of benzene rings is 4. The zero-order valence-corrected chi connectivity index (χ0v) is 30.2. The van der Waals surface area contributed by atoms with E-state index in [0.717, 1.165) is 36.0 Å². The topological polar surface area (TPSA) is 118 Å². The fourth-order valence-corrected chi connectivity index (χ4v) is 7.87. The molecule has 9 heteroatoms. The molecule has 0 saturated carbocycles. The molecule has 4 aromatic rings. The van der Waals surface area contributed by atoms with Gasteiger partial charge in [-0.1, -0.05) is 97.1 Å². The number of unbranched alkanes of at least 4 members (excludes halogenated alkanes) is 1. The molecule has 50 heavy (non-hydrogen) atoms. The quantitative estimate of drug-likeness (QED) is 0.0788. The van der Waals surface area contributed by atoms with Crippen molar-refractivity contribution in [1.82, 2.24) is 5.32 Å². The molecular weight excluding hydrogens is 647 g/mol. The van der Waals surface area contributed by atoms with Crippen LogP contribution < -0.4 is 10.1 Å². The number of nitriles is 1. The number of aryl methyl sites for hydroxylation is 2. The van der Waals surface area contributed by atoms with E-state index in [0.29, 0.717) is 24.3 Å². The van der Waals surface area contributed by atoms with Gasteiger partial charge < -0.3 is 24.4 Å². The fraction of sp³-hybridized carbons (Fsp3) is 0.366. The van der Waals surface area contributed by atoms with Crippen molar-refractivity contribution in [3.05, 3.63) is 137 Å². The van der Waals surface area contributed by atoms with E-state index in [4.69, 9.17) is 14.0 Å². The second-order valence-corrected chi connectivity index (χ2v) is 16.2. The van der Waals surface area contributed by atoms with Crippen LogP contribution >= 0.6 is 7.37 Å². The highest BCUT2D eigenvalue weighted by Crippen LogP contribution is 2.54. The molecule has 0 aromatic heterocycles. The molecule has 264 valence electrons. The lowest BCUT2D eigenvalue weighted by Gasteiger charge is -2.35. The summed E-state index contributed by atoms with van der Waals surface area (Å²) in [5.41, 5.74) is 2.14. The molecule has 0 bridgehead atoms. The average Bonchev–Trinajstić information content (AvgIpc) is 3.10. The summed E-state index contributed by atoms with van der Waals surface area (Å²) in [7, 11) is -3.37. The molecule has 0 radical (unpaired) electrons. The van der Waals surface area contributed by atoms with Crippen LogP contribution in [-0.4, -0.2) is 42.2 Å². The van der Waals surface area contributed by atoms with Crippen molar-refractivity contribution in [1.29, 1.82) is 5.26 Å². The first-order valence-electron chi connectivity index (χ1n) is 17.1. The zero-order chi connectivity index (χ0) is 35.9. The number of hydrogen-bond acceptors (Lipinski definition) is 7. The number of hydrogen-bond donors (Lipinski definition) is 2. The van der Waals surface area contributed by atoms with Crippen LogP contribution in [0.15, 0.2) is 109 Å². The van der Waals surface area contributed by atoms with E-state index in [1.165, 1.54) is 5.56 Å². The summed E-state index contributed by atoms with van der Waals surface area (Å²) in [6.45, 7) is 5.07. The third-order valence-corrected chi connectivity index (χ3v) is 10.5. The minimum absolute atomic E-state index is 0.190. The molecule has 1 unspecified atom stereocenters. The van der Waals surface area contributed by atoms with Crippen molar-refractivity contribution >= 4 is 13.5 Å². The Morgan fingerprint density at radius 1 is 0.800 bits per heavy atom. The molecule has 0 saturated heterocycles. The van der Waals surface area contributed by atoms with Crippen molar-refractivity contribution in [2.24, 2.45) is 0 Å². The standard InChI is InChI=1S/C41H49N2O6P/c1-40(2,3)49-39(45)43-41(31-44,32-48-50(46,29-35-18-9-5-10-19-35)30-36-20-11-6-12-21-36)25-24-34-22-23-38(37(27-34)28-42)47-26-14-13-17-33-15-7-4-8-16-33/h4-12,15-16,18-23,27,44H,13-14,17,24-26,29-32H2,1-3H3,(H,43,45). The molecule has 4 rings (SSSR count). The Labute approximate surface area is 296 Å². The molecule has 0 aliphatic rings. The monoisotopic (exact) mass is 696 g/mol. The summed E-state index contributed by atoms with van der Waals surface area (Å²) >= 11 is 0. The van der Waals surface area contributed by atoms with Crippen molar-refractivity contribution in [3.8, 4) is 11.8 Å². The van der Waals surface area contributed by atoms with E-state index in [1.54, 1.807) is 32.9 Å². The molecule has 0 fully saturated rings. The van der Waals surface area contributed by atoms with Gasteiger partial charge in [0.25, 0.3) is 0 Å². The van der Waals surface area contributed by atoms with Crippen LogP contribution in [0.4, 0.5) is 4.79 Å². The van der Waals surface area contributed by atoms with E-state index >= 15 is 0 Å². The third kappa shape index (κ3) is 12.8. The Bertz CT molecular complexity index is 1680. The van der Waals surface area contributed by atoms with Gasteiger partial charge in [-0.05, 0) is 87.3 Å². The molecule has 0 aliphatic carbocycles. The minimum Gasteiger partial charge on any atom is -0.492 e. The van der Waals surface area contributed by atoms with Gasteiger partial charge in [0, 0.05) is 0 Å². The molecular formula is C41H49N2O6P. The summed E-state index contributed by atoms with van der Waals surface area (Å²) in [4.78, 5) is 13.1. The van der Waals surface area contributed by atoms with Gasteiger partial charge in [-0.15, -0.1) is 0 Å². The first-order valence-corrected chi connectivity index (χ1v) is 19.1. The van der Waals surface area contributed by atoms with Gasteiger partial charge in [0.2, 0.25) is 7.37 Å². The summed E-state index contributed by atoms with van der Waals surface area (Å²) < 4.78 is 32.4. The normalized spacial score (nSPS) is 12.8. The van der Waals surface area contributed by atoms with E-state index in [2.05, 4.69) is 23.5 Å². The molecule has 0 heterocycles. The van der Waals surface area contributed by atoms with E-state index in [9.17, 15) is 19.7 Å². The summed E-state index contributed by atoms with van der Waals surface area (Å²) in [5, 5.41) is 23.6. The fourth-order valence-electron chi connectivity index (χ4n) is 5.55. The van der Waals surface area contributed by atoms with Gasteiger partial charge in [-0.25, -0.2) is 4.79 Å². The Hall–Kier alpha value is -4.41. The first kappa shape index (κ1) is 38.4. The van der Waals surface area contributed by atoms with Gasteiger partial charge >= 0.3 is 6.09 Å². The number of aliphatic hydroxyl groups is 1. The van der Waals surface area contributed by atoms with Crippen LogP contribution in [0.1, 0.15) is 67.9 Å². The smallest absolute Gasteiger partial charge is 0.408 e. The molecule has 2 N–H and O–H groups in total. The molecule has 1 amide bonds. The lowest BCUT2D eigenvalue weighted by Crippen LogP contribution is -2.56. The van der Waals surface area contributed by atoms with Crippen LogP contribution in [0.2, 0.25) is 0 Å². The maximum absolute atomic E-state index is 14.5. The number of nitrogens with one attached hydrogen (secondary N) is 1. The predicted molar refractivity (Wildman–Crippen MR) is 197 cm³/mol. The van der Waals surface area contributed by atoms with Gasteiger partial charge in [0.05, 0.1) is 43.2 Å². The highest BCUT2D eigenvalue weighted by Gasteiger charge is 2.37. The van der Waals surface area contributed by atoms with Gasteiger partial charge in [-0.2, -0.15) is 5.26 Å². The second kappa shape index (κ2) is 18.5. The third-order valence-electron chi connectivity index (χ3n) is 8.19. The van der Waals surface area contributed by atoms with E-state index in [1.807, 2.05) is 84.9 Å². The van der Waals surface area contributed by atoms with Crippen molar-refractivity contribution < 1.29 is 28.5 Å². The highest BCUT2D eigenvalue weighted by molar-refractivity contribution is 7.57. The first-order chi connectivity index (χ1) is 24.0. The lowest BCUT2D eigenvalue weighted by molar-refractivity contribution is 0.0303. The van der Waals surface area contributed by atoms with Gasteiger partial charge in [-0.3, -0.25) is 4.57 Å². The van der Waals surface area contributed by atoms with Crippen LogP contribution in [0.25, 0.3) is 0 Å². The Morgan fingerprint density at radius 2 is 1.38 bits per heavy atom. The second-order valence-electron chi connectivity index (χ2n) is 13.7. The number of carbonyl (C=O) groups is 1. The average molecular weight is 697 g/mol. The number of amides is 1. The molecule has 1 atom stereocenters. The van der Waals surface area contributed by atoms with Crippen LogP contribution in [0, 0.1) is 11.3 Å². The number of carbonyl (C=O) groups excluding carboxylic acids is 1. The van der Waals surface area contributed by atoms with Crippen molar-refractivity contribution in [3.63, 3.8) is 0 Å². The largest absolute Gasteiger partial charge is 0.492 e. The van der Waals surface area contributed by atoms with Crippen molar-refractivity contribution in [2.75, 3.05) is 19.8 Å². The van der Waals surface area contributed by atoms with Crippen LogP contribution in [-0.2, 0) is 39.0 Å². The Morgan fingerprint density at radius 3 is 1.92 bits per heavy atom. The summed E-state index contributed by atoms with van der Waals surface area (Å²) in [6, 6.07) is 37.0. The van der Waals surface area contributed by atoms with E-state index < -0.39 is 31.2 Å². The number of rotatable bonds is 18. The molecule has 4 aromatic carbocycles. The van der Waals surface area contributed by atoms with Crippen LogP contribution in [0.5, 0.6) is 5.75 Å². The Balaban J connectivity index is 1.48. The number of aliphatic hydroxyl groups excluding tert-OH is 1. The highest BCUT2D eigenvalue weighted by atomic mass is 31.2. The number of nitrogens with zero attached hydrogens (tertiary/aromatic N) is 1. The summed E-state index contributed by atoms with van der Waals surface area (Å²) in [6.07, 6.45) is 3.07. The molecule has 0 spiro atoms. The lowest BCUT2D eigenvalue weighted by atomic mass is 9.92. The molecule has 8 nitrogen and oxygen atoms in total. The van der Waals surface area contributed by atoms with Crippen molar-refractivity contribution in [2.45, 2.75) is 76.3 Å². The maximum atomic E-state index is 14.5. The van der Waals surface area contributed by atoms with Gasteiger partial charge in [0.15, 0.2) is 0 Å². The number of alkyl carbamates (subject to hydrolysis) is 1. The Kier molecular flexibility index (Phi) is 14.2. The summed E-state index contributed by atoms with van der Waals surface area (Å²) in [5.74, 6) is 0.516. The van der Waals surface area contributed by atoms with Gasteiger partial charge in [0.1, 0.15) is 17.4 Å². The predicted octanol–water partition coefficient (Wildman–Crippen LogP) is 8.84. The number of ether oxygens (including phenoxy) is 2. The maximum Gasteiger partial charge on any atom is 0.408 e. The SMILES string of the molecule is CC(C)(C)OC(=O)NC(CO)(CCc1ccc(OCCCCc2ccccc2)c(C#N)c1)COP(=O)(Cc1ccccc1)Cc1ccccc1. The van der Waals surface area contributed by atoms with E-state index in [-0.39, 0.29) is 25.4 Å². The zero-order valence-electron chi connectivity index (χ0n) is 29.3. The molecule has 0 aliphatic heterocycles.